The van der Waals surface area contributed by atoms with E-state index < -0.39 is 12.3 Å². The highest BCUT2D eigenvalue weighted by molar-refractivity contribution is 14.1. The van der Waals surface area contributed by atoms with Crippen LogP contribution in [0, 0.1) is 3.57 Å². The Bertz CT molecular complexity index is 641. The van der Waals surface area contributed by atoms with Crippen LogP contribution in [0.2, 0.25) is 0 Å². The third kappa shape index (κ3) is 4.92. The topological polar surface area (TPSA) is 38.3 Å². The Morgan fingerprint density at radius 3 is 2.33 bits per heavy atom. The number of benzene rings is 2. The number of nitrogens with one attached hydrogen (secondary N) is 1. The zero-order chi connectivity index (χ0) is 15.5. The first-order valence-electron chi connectivity index (χ1n) is 5.76. The third-order valence-corrected chi connectivity index (χ3v) is 3.10. The molecule has 110 valence electrons. The second-order valence-corrected chi connectivity index (χ2v) is 5.28. The summed E-state index contributed by atoms with van der Waals surface area (Å²) in [5.41, 5.74) is 0.853. The van der Waals surface area contributed by atoms with E-state index in [-0.39, 0.29) is 11.3 Å². The lowest BCUT2D eigenvalue weighted by Crippen LogP contribution is -2.17. The molecule has 0 unspecified atom stereocenters. The van der Waals surface area contributed by atoms with Crippen molar-refractivity contribution < 1.29 is 22.7 Å². The van der Waals surface area contributed by atoms with Crippen molar-refractivity contribution >= 4 is 34.2 Å². The van der Waals surface area contributed by atoms with Crippen molar-refractivity contribution in [3.8, 4) is 5.75 Å². The molecule has 0 heterocycles. The predicted molar refractivity (Wildman–Crippen MR) is 80.2 cm³/mol. The maximum atomic E-state index is 12.0. The van der Waals surface area contributed by atoms with Crippen LogP contribution in [-0.2, 0) is 0 Å². The van der Waals surface area contributed by atoms with E-state index in [1.165, 1.54) is 12.1 Å². The van der Waals surface area contributed by atoms with Gasteiger partial charge in [-0.2, -0.15) is 0 Å². The van der Waals surface area contributed by atoms with Crippen LogP contribution in [0.25, 0.3) is 0 Å². The maximum absolute atomic E-state index is 12.0. The van der Waals surface area contributed by atoms with E-state index in [1.54, 1.807) is 18.2 Å². The fourth-order valence-corrected chi connectivity index (χ4v) is 2.12. The number of ether oxygens (including phenoxy) is 1. The van der Waals surface area contributed by atoms with E-state index in [0.29, 0.717) is 5.69 Å². The molecule has 1 amide bonds. The Labute approximate surface area is 132 Å². The quantitative estimate of drug-likeness (QED) is 0.765. The monoisotopic (exact) mass is 407 g/mol. The summed E-state index contributed by atoms with van der Waals surface area (Å²) in [5, 5.41) is 2.66. The van der Waals surface area contributed by atoms with Crippen molar-refractivity contribution in [2.45, 2.75) is 6.36 Å². The Morgan fingerprint density at radius 1 is 1.10 bits per heavy atom. The SMILES string of the molecule is O=C(Nc1cccc(I)c1)c1ccc(OC(F)(F)F)cc1. The highest BCUT2D eigenvalue weighted by Crippen LogP contribution is 2.23. The fourth-order valence-electron chi connectivity index (χ4n) is 1.58. The van der Waals surface area contributed by atoms with Gasteiger partial charge in [0.05, 0.1) is 0 Å². The van der Waals surface area contributed by atoms with Crippen LogP contribution in [0.5, 0.6) is 5.75 Å². The lowest BCUT2D eigenvalue weighted by Gasteiger charge is -2.09. The van der Waals surface area contributed by atoms with Gasteiger partial charge in [-0.25, -0.2) is 0 Å². The van der Waals surface area contributed by atoms with Gasteiger partial charge >= 0.3 is 6.36 Å². The van der Waals surface area contributed by atoms with Gasteiger partial charge in [0.15, 0.2) is 0 Å². The number of carbonyl (C=O) groups excluding carboxylic acids is 1. The van der Waals surface area contributed by atoms with Crippen LogP contribution in [0.3, 0.4) is 0 Å². The molecule has 7 heteroatoms. The number of halogens is 4. The highest BCUT2D eigenvalue weighted by Gasteiger charge is 2.31. The number of amides is 1. The molecule has 0 aliphatic rings. The Hall–Kier alpha value is -1.77. The molecule has 2 aromatic carbocycles. The molecule has 2 aromatic rings. The van der Waals surface area contributed by atoms with Crippen molar-refractivity contribution in [3.05, 3.63) is 57.7 Å². The van der Waals surface area contributed by atoms with Gasteiger partial charge in [-0.15, -0.1) is 13.2 Å². The summed E-state index contributed by atoms with van der Waals surface area (Å²) in [6.07, 6.45) is -4.75. The molecular weight excluding hydrogens is 398 g/mol. The van der Waals surface area contributed by atoms with Crippen LogP contribution < -0.4 is 10.1 Å². The van der Waals surface area contributed by atoms with Crippen LogP contribution in [-0.4, -0.2) is 12.3 Å². The van der Waals surface area contributed by atoms with Crippen LogP contribution in [0.4, 0.5) is 18.9 Å². The van der Waals surface area contributed by atoms with Gasteiger partial charge in [0.1, 0.15) is 5.75 Å². The summed E-state index contributed by atoms with van der Waals surface area (Å²) in [6, 6.07) is 11.9. The molecular formula is C14H9F3INO2. The second-order valence-electron chi connectivity index (χ2n) is 4.04. The Morgan fingerprint density at radius 2 is 1.76 bits per heavy atom. The zero-order valence-corrected chi connectivity index (χ0v) is 12.6. The number of anilines is 1. The van der Waals surface area contributed by atoms with E-state index in [2.05, 4.69) is 32.6 Å². The van der Waals surface area contributed by atoms with E-state index in [0.717, 1.165) is 15.7 Å². The van der Waals surface area contributed by atoms with Crippen molar-refractivity contribution in [1.82, 2.24) is 0 Å². The van der Waals surface area contributed by atoms with Crippen molar-refractivity contribution in [2.24, 2.45) is 0 Å². The summed E-state index contributed by atoms with van der Waals surface area (Å²) in [7, 11) is 0. The molecule has 3 nitrogen and oxygen atoms in total. The van der Waals surface area contributed by atoms with Crippen molar-refractivity contribution in [2.75, 3.05) is 5.32 Å². The molecule has 0 aliphatic heterocycles. The first-order valence-corrected chi connectivity index (χ1v) is 6.84. The molecule has 0 aromatic heterocycles. The van der Waals surface area contributed by atoms with Gasteiger partial charge in [-0.05, 0) is 65.1 Å². The first-order chi connectivity index (χ1) is 9.83. The molecule has 0 saturated heterocycles. The van der Waals surface area contributed by atoms with Crippen molar-refractivity contribution in [3.63, 3.8) is 0 Å². The summed E-state index contributed by atoms with van der Waals surface area (Å²) in [5.74, 6) is -0.774. The van der Waals surface area contributed by atoms with Gasteiger partial charge in [-0.3, -0.25) is 4.79 Å². The zero-order valence-electron chi connectivity index (χ0n) is 10.4. The molecule has 21 heavy (non-hydrogen) atoms. The summed E-state index contributed by atoms with van der Waals surface area (Å²) in [6.45, 7) is 0. The number of carbonyl (C=O) groups is 1. The Balaban J connectivity index is 2.06. The predicted octanol–water partition coefficient (Wildman–Crippen LogP) is 4.44. The lowest BCUT2D eigenvalue weighted by molar-refractivity contribution is -0.274. The largest absolute Gasteiger partial charge is 0.573 e. The van der Waals surface area contributed by atoms with Gasteiger partial charge in [0.2, 0.25) is 0 Å². The molecule has 0 atom stereocenters. The summed E-state index contributed by atoms with van der Waals surface area (Å²) < 4.78 is 40.8. The molecule has 0 spiro atoms. The first kappa shape index (κ1) is 15.6. The normalized spacial score (nSPS) is 11.0. The molecule has 0 aliphatic carbocycles. The van der Waals surface area contributed by atoms with Gasteiger partial charge in [0.25, 0.3) is 5.91 Å². The molecule has 0 fully saturated rings. The summed E-state index contributed by atoms with van der Waals surface area (Å²) >= 11 is 2.11. The lowest BCUT2D eigenvalue weighted by atomic mass is 10.2. The molecule has 2 rings (SSSR count). The van der Waals surface area contributed by atoms with E-state index in [9.17, 15) is 18.0 Å². The van der Waals surface area contributed by atoms with Crippen molar-refractivity contribution in [1.29, 1.82) is 0 Å². The smallest absolute Gasteiger partial charge is 0.406 e. The van der Waals surface area contributed by atoms with Gasteiger partial charge in [0, 0.05) is 14.8 Å². The second kappa shape index (κ2) is 6.33. The van der Waals surface area contributed by atoms with E-state index in [1.807, 2.05) is 6.07 Å². The Kier molecular flexibility index (Phi) is 4.71. The number of alkyl halides is 3. The van der Waals surface area contributed by atoms with Crippen LogP contribution in [0.15, 0.2) is 48.5 Å². The summed E-state index contributed by atoms with van der Waals surface area (Å²) in [4.78, 5) is 11.9. The van der Waals surface area contributed by atoms with E-state index >= 15 is 0 Å². The minimum absolute atomic E-state index is 0.239. The molecule has 0 bridgehead atoms. The average Bonchev–Trinajstić information content (AvgIpc) is 2.37. The highest BCUT2D eigenvalue weighted by atomic mass is 127. The van der Waals surface area contributed by atoms with Gasteiger partial charge in [-0.1, -0.05) is 6.07 Å². The van der Waals surface area contributed by atoms with Gasteiger partial charge < -0.3 is 10.1 Å². The average molecular weight is 407 g/mol. The maximum Gasteiger partial charge on any atom is 0.573 e. The fraction of sp³-hybridized carbons (Fsp3) is 0.0714. The number of rotatable bonds is 3. The number of hydrogen-bond donors (Lipinski definition) is 1. The minimum atomic E-state index is -4.75. The van der Waals surface area contributed by atoms with E-state index in [4.69, 9.17) is 0 Å². The molecule has 1 N–H and O–H groups in total. The standard InChI is InChI=1S/C14H9F3INO2/c15-14(16,17)21-12-6-4-9(5-7-12)13(20)19-11-3-1-2-10(18)8-11/h1-8H,(H,19,20). The van der Waals surface area contributed by atoms with Crippen LogP contribution >= 0.6 is 22.6 Å². The third-order valence-electron chi connectivity index (χ3n) is 2.43. The molecule has 0 saturated carbocycles. The molecule has 0 radical (unpaired) electrons. The minimum Gasteiger partial charge on any atom is -0.406 e. The number of hydrogen-bond acceptors (Lipinski definition) is 2. The van der Waals surface area contributed by atoms with Crippen LogP contribution in [0.1, 0.15) is 10.4 Å².